The second kappa shape index (κ2) is 16.2. The van der Waals surface area contributed by atoms with Crippen LogP contribution in [0.15, 0.2) is 22.5 Å². The molecule has 3 atom stereocenters. The average Bonchev–Trinajstić information content (AvgIpc) is 3.44. The molecule has 0 radical (unpaired) electrons. The Hall–Kier alpha value is -3.61. The Balaban J connectivity index is 1.32. The molecule has 52 heavy (non-hydrogen) atoms. The predicted molar refractivity (Wildman–Crippen MR) is 196 cm³/mol. The topological polar surface area (TPSA) is 222 Å². The summed E-state index contributed by atoms with van der Waals surface area (Å²) in [6.45, 7) is 5.30. The fraction of sp³-hybridized carbons (Fsp3) is 0.469. The minimum Gasteiger partial charge on any atom is -0.506 e. The first-order chi connectivity index (χ1) is 24.5. The van der Waals surface area contributed by atoms with E-state index in [2.05, 4.69) is 15.5 Å². The molecule has 2 saturated heterocycles. The summed E-state index contributed by atoms with van der Waals surface area (Å²) in [5, 5.41) is 35.9. The lowest BCUT2D eigenvalue weighted by molar-refractivity contribution is -0.927. The third-order valence-corrected chi connectivity index (χ3v) is 12.6. The number of piperidine rings is 1. The fourth-order valence-corrected chi connectivity index (χ4v) is 9.33. The molecule has 0 saturated carbocycles. The molecule has 0 unspecified atom stereocenters. The third kappa shape index (κ3) is 8.14. The number of nitrogens with two attached hydrogens (primary N) is 1. The van der Waals surface area contributed by atoms with Crippen LogP contribution >= 0.6 is 57.9 Å². The van der Waals surface area contributed by atoms with Gasteiger partial charge in [0.15, 0.2) is 16.6 Å². The van der Waals surface area contributed by atoms with Crippen molar-refractivity contribution in [2.75, 3.05) is 44.2 Å². The molecule has 20 heteroatoms. The van der Waals surface area contributed by atoms with Crippen LogP contribution in [-0.2, 0) is 24.0 Å². The Labute approximate surface area is 321 Å². The maximum Gasteiger partial charge on any atom is 0.352 e. The quantitative estimate of drug-likeness (QED) is 0.0786. The van der Waals surface area contributed by atoms with Crippen LogP contribution in [-0.4, -0.2) is 115 Å². The first-order valence-corrected chi connectivity index (χ1v) is 19.2. The zero-order valence-corrected chi connectivity index (χ0v) is 31.9. The highest BCUT2D eigenvalue weighted by Crippen LogP contribution is 2.46. The summed E-state index contributed by atoms with van der Waals surface area (Å²) >= 11 is 20.8. The van der Waals surface area contributed by atoms with Crippen molar-refractivity contribution in [3.8, 4) is 5.75 Å². The molecular formula is C32H36Cl3N6O9S2+. The van der Waals surface area contributed by atoms with Gasteiger partial charge in [-0.05, 0) is 39.2 Å². The Kier molecular flexibility index (Phi) is 12.3. The number of hydrogen-bond acceptors (Lipinski definition) is 12. The van der Waals surface area contributed by atoms with E-state index in [9.17, 15) is 39.3 Å². The first kappa shape index (κ1) is 39.6. The zero-order valence-electron chi connectivity index (χ0n) is 28.0. The van der Waals surface area contributed by atoms with Crippen LogP contribution < -0.4 is 11.1 Å². The lowest BCUT2D eigenvalue weighted by atomic mass is 9.89. The number of carboxylic acids is 2. The molecule has 280 valence electrons. The van der Waals surface area contributed by atoms with Gasteiger partial charge in [0.25, 0.3) is 5.91 Å². The van der Waals surface area contributed by atoms with Crippen molar-refractivity contribution in [1.82, 2.24) is 15.2 Å². The summed E-state index contributed by atoms with van der Waals surface area (Å²) in [6.07, 6.45) is 1.01. The van der Waals surface area contributed by atoms with Crippen molar-refractivity contribution >= 4 is 98.3 Å². The number of thioether (sulfide) groups is 1. The standard InChI is InChI=1S/C32H35Cl3N6O9S2/c1-14-19(33)10-17(21(34)25(14)43)27(44)37-6-9-41(7-4-3-5-8-41)12-16-13-51-29-18(28(45)40(29)24(16)31(48)49)11-20(42)22(39-50-15(2)30(46)47)23-26(35)52-32(36)38-23/h10,15,18,29H,3-9,11-13H2,1-2H3,(H5-,36,37,38,43,44,46,47,48,49)/p+1/b39-22+/t15-,18+,29+/m0/s1. The van der Waals surface area contributed by atoms with Crippen LogP contribution in [0.4, 0.5) is 5.13 Å². The van der Waals surface area contributed by atoms with E-state index in [0.717, 1.165) is 43.7 Å². The Morgan fingerprint density at radius 1 is 1.19 bits per heavy atom. The van der Waals surface area contributed by atoms with Gasteiger partial charge in [-0.15, -0.1) is 11.8 Å². The molecule has 4 heterocycles. The number of benzene rings is 1. The first-order valence-electron chi connectivity index (χ1n) is 16.2. The lowest BCUT2D eigenvalue weighted by Gasteiger charge is -2.50. The molecule has 0 spiro atoms. The van der Waals surface area contributed by atoms with Crippen LogP contribution in [0.25, 0.3) is 0 Å². The number of carbonyl (C=O) groups is 5. The van der Waals surface area contributed by atoms with E-state index < -0.39 is 52.6 Å². The summed E-state index contributed by atoms with van der Waals surface area (Å²) < 4.78 is 0.504. The largest absolute Gasteiger partial charge is 0.506 e. The normalized spacial score (nSPS) is 20.5. The Bertz CT molecular complexity index is 1880. The highest BCUT2D eigenvalue weighted by atomic mass is 35.5. The number of nitrogens with zero attached hydrogens (tertiary/aromatic N) is 4. The number of rotatable bonds is 14. The summed E-state index contributed by atoms with van der Waals surface area (Å²) in [5.41, 5.74) is 6.07. The number of oxime groups is 1. The number of β-lactam (4-membered cyclic amide) rings is 1. The van der Waals surface area contributed by atoms with E-state index >= 15 is 0 Å². The highest BCUT2D eigenvalue weighted by Gasteiger charge is 2.55. The molecule has 2 fully saturated rings. The van der Waals surface area contributed by atoms with Gasteiger partial charge in [-0.1, -0.05) is 51.3 Å². The third-order valence-electron chi connectivity index (χ3n) is 9.34. The van der Waals surface area contributed by atoms with E-state index in [1.807, 2.05) is 0 Å². The minimum absolute atomic E-state index is 0.0162. The van der Waals surface area contributed by atoms with Crippen molar-refractivity contribution in [3.63, 3.8) is 0 Å². The SMILES string of the molecule is Cc1c(Cl)cc(C(=O)NCC[N+]2(CC3=C(C(=O)O)N4C(=O)[C@@H](CC(=O)/C(=N\O[C@@H](C)C(=O)O)c5nc(N)sc5Cl)[C@H]4SC3)CCCCC2)c(Cl)c1O. The van der Waals surface area contributed by atoms with Crippen molar-refractivity contribution < 1.29 is 48.6 Å². The number of nitrogens with one attached hydrogen (secondary N) is 1. The van der Waals surface area contributed by atoms with Crippen LogP contribution in [0.2, 0.25) is 14.4 Å². The van der Waals surface area contributed by atoms with Gasteiger partial charge in [0.05, 0.1) is 48.1 Å². The number of hydrogen-bond donors (Lipinski definition) is 5. The second-order valence-corrected chi connectivity index (χ2v) is 16.3. The van der Waals surface area contributed by atoms with Crippen molar-refractivity contribution in [2.45, 2.75) is 51.0 Å². The highest BCUT2D eigenvalue weighted by molar-refractivity contribution is 8.00. The maximum atomic E-state index is 13.6. The summed E-state index contributed by atoms with van der Waals surface area (Å²) in [5.74, 6) is -5.26. The summed E-state index contributed by atoms with van der Waals surface area (Å²) in [7, 11) is 0. The average molecular weight is 819 g/mol. The number of nitrogen functional groups attached to an aromatic ring is 1. The Morgan fingerprint density at radius 2 is 1.88 bits per heavy atom. The molecule has 2 aromatic rings. The fourth-order valence-electron chi connectivity index (χ4n) is 6.52. The number of aromatic nitrogens is 1. The number of Topliss-reactive ketones (excluding diaryl/α,β-unsaturated/α-hetero) is 1. The molecule has 15 nitrogen and oxygen atoms in total. The maximum absolute atomic E-state index is 13.6. The summed E-state index contributed by atoms with van der Waals surface area (Å²) in [6, 6.07) is 1.40. The van der Waals surface area contributed by atoms with E-state index in [1.165, 1.54) is 29.7 Å². The number of carboxylic acid groups (broad SMARTS) is 2. The number of likely N-dealkylation sites (tertiary alicyclic amines) is 1. The molecule has 0 bridgehead atoms. The number of aromatic hydroxyl groups is 1. The molecule has 1 aromatic heterocycles. The number of phenolic OH excluding ortho intramolecular Hbond substituents is 1. The lowest BCUT2D eigenvalue weighted by Crippen LogP contribution is -2.63. The molecule has 5 rings (SSSR count). The molecule has 0 aliphatic carbocycles. The number of fused-ring (bicyclic) bond motifs is 1. The van der Waals surface area contributed by atoms with Gasteiger partial charge in [0.1, 0.15) is 28.0 Å². The molecule has 3 aliphatic heterocycles. The van der Waals surface area contributed by atoms with Gasteiger partial charge in [0, 0.05) is 28.3 Å². The van der Waals surface area contributed by atoms with Crippen LogP contribution in [0, 0.1) is 12.8 Å². The van der Waals surface area contributed by atoms with E-state index in [1.54, 1.807) is 6.92 Å². The van der Waals surface area contributed by atoms with Crippen molar-refractivity contribution in [1.29, 1.82) is 0 Å². The number of amides is 2. The number of carbonyl (C=O) groups excluding carboxylic acids is 3. The van der Waals surface area contributed by atoms with Gasteiger partial charge in [-0.2, -0.15) is 0 Å². The number of anilines is 1. The number of ketones is 1. The smallest absolute Gasteiger partial charge is 0.352 e. The number of phenols is 1. The van der Waals surface area contributed by atoms with Gasteiger partial charge < -0.3 is 35.7 Å². The van der Waals surface area contributed by atoms with E-state index in [0.29, 0.717) is 34.5 Å². The predicted octanol–water partition coefficient (Wildman–Crippen LogP) is 4.15. The molecular weight excluding hydrogens is 783 g/mol. The van der Waals surface area contributed by atoms with Crippen molar-refractivity contribution in [2.24, 2.45) is 11.1 Å². The number of quaternary nitrogens is 1. The van der Waals surface area contributed by atoms with Crippen molar-refractivity contribution in [3.05, 3.63) is 48.5 Å². The molecule has 6 N–H and O–H groups in total. The summed E-state index contributed by atoms with van der Waals surface area (Å²) in [4.78, 5) is 74.4. The van der Waals surface area contributed by atoms with E-state index in [4.69, 9.17) is 45.4 Å². The molecule has 1 aromatic carbocycles. The van der Waals surface area contributed by atoms with Gasteiger partial charge in [-0.3, -0.25) is 19.3 Å². The van der Waals surface area contributed by atoms with Gasteiger partial charge in [-0.25, -0.2) is 14.6 Å². The van der Waals surface area contributed by atoms with Gasteiger partial charge >= 0.3 is 11.9 Å². The minimum atomic E-state index is -1.41. The molecule has 3 aliphatic rings. The number of halogens is 3. The second-order valence-electron chi connectivity index (χ2n) is 12.8. The monoisotopic (exact) mass is 817 g/mol. The number of aliphatic carboxylic acids is 2. The van der Waals surface area contributed by atoms with Crippen LogP contribution in [0.1, 0.15) is 54.2 Å². The van der Waals surface area contributed by atoms with Gasteiger partial charge in [0.2, 0.25) is 12.0 Å². The van der Waals surface area contributed by atoms with Crippen LogP contribution in [0.3, 0.4) is 0 Å². The Morgan fingerprint density at radius 3 is 2.50 bits per heavy atom. The molecule has 2 amide bonds. The van der Waals surface area contributed by atoms with Crippen LogP contribution in [0.5, 0.6) is 5.75 Å². The van der Waals surface area contributed by atoms with E-state index in [-0.39, 0.29) is 55.2 Å². The number of thiazole rings is 1. The zero-order chi connectivity index (χ0) is 38.1.